The van der Waals surface area contributed by atoms with Crippen molar-refractivity contribution in [3.8, 4) is 0 Å². The fourth-order valence-electron chi connectivity index (χ4n) is 1.13. The quantitative estimate of drug-likeness (QED) is 0.619. The fraction of sp³-hybridized carbons (Fsp3) is 0.500. The van der Waals surface area contributed by atoms with E-state index in [-0.39, 0.29) is 23.9 Å². The van der Waals surface area contributed by atoms with Gasteiger partial charge in [0.1, 0.15) is 0 Å². The smallest absolute Gasteiger partial charge is 0.358 e. The molecule has 0 atom stereocenters. The summed E-state index contributed by atoms with van der Waals surface area (Å²) in [6.07, 6.45) is 1.54. The minimum atomic E-state index is -0.662. The van der Waals surface area contributed by atoms with Gasteiger partial charge in [0.25, 0.3) is 0 Å². The van der Waals surface area contributed by atoms with E-state index in [1.54, 1.807) is 0 Å². The summed E-state index contributed by atoms with van der Waals surface area (Å²) in [5.41, 5.74) is 0. The molecule has 0 radical (unpaired) electrons. The summed E-state index contributed by atoms with van der Waals surface area (Å²) in [5.74, 6) is -0.519. The van der Waals surface area contributed by atoms with Crippen LogP contribution in [0.1, 0.15) is 13.3 Å². The van der Waals surface area contributed by atoms with Crippen molar-refractivity contribution in [1.82, 2.24) is 15.1 Å². The van der Waals surface area contributed by atoms with Crippen LogP contribution >= 0.6 is 11.6 Å². The van der Waals surface area contributed by atoms with Gasteiger partial charge in [0, 0.05) is 13.0 Å². The first-order valence-electron chi connectivity index (χ1n) is 4.68. The van der Waals surface area contributed by atoms with Crippen LogP contribution in [0.25, 0.3) is 0 Å². The zero-order valence-electron chi connectivity index (χ0n) is 8.64. The Bertz CT molecular complexity index is 404. The van der Waals surface area contributed by atoms with Crippen molar-refractivity contribution < 1.29 is 9.72 Å². The second-order valence-corrected chi connectivity index (χ2v) is 3.43. The Labute approximate surface area is 96.5 Å². The van der Waals surface area contributed by atoms with E-state index in [0.717, 1.165) is 0 Å². The number of amides is 1. The molecule has 0 bridgehead atoms. The highest BCUT2D eigenvalue weighted by Crippen LogP contribution is 2.21. The van der Waals surface area contributed by atoms with Crippen LogP contribution in [0.2, 0.25) is 5.02 Å². The molecule has 1 aromatic heterocycles. The van der Waals surface area contributed by atoms with E-state index in [1.165, 1.54) is 10.9 Å². The van der Waals surface area contributed by atoms with Crippen LogP contribution in [0, 0.1) is 10.1 Å². The molecule has 0 saturated heterocycles. The highest BCUT2D eigenvalue weighted by Gasteiger charge is 2.18. The predicted molar refractivity (Wildman–Crippen MR) is 57.2 cm³/mol. The van der Waals surface area contributed by atoms with Gasteiger partial charge in [-0.3, -0.25) is 4.79 Å². The molecular weight excluding hydrogens is 236 g/mol. The molecule has 1 heterocycles. The van der Waals surface area contributed by atoms with Gasteiger partial charge in [-0.05, 0) is 11.8 Å². The summed E-state index contributed by atoms with van der Waals surface area (Å²) < 4.78 is 1.29. The topological polar surface area (TPSA) is 90.1 Å². The van der Waals surface area contributed by atoms with Crippen molar-refractivity contribution in [3.05, 3.63) is 21.3 Å². The normalized spacial score (nSPS) is 10.1. The first kappa shape index (κ1) is 12.4. The van der Waals surface area contributed by atoms with Crippen LogP contribution in [-0.2, 0) is 11.3 Å². The number of hydrogen-bond donors (Lipinski definition) is 1. The van der Waals surface area contributed by atoms with Crippen molar-refractivity contribution >= 4 is 23.3 Å². The molecule has 88 valence electrons. The number of hydrogen-bond acceptors (Lipinski definition) is 4. The minimum absolute atomic E-state index is 0.0269. The van der Waals surface area contributed by atoms with Crippen LogP contribution in [0.15, 0.2) is 6.20 Å². The largest absolute Gasteiger partial charge is 0.408 e. The van der Waals surface area contributed by atoms with Gasteiger partial charge in [0.05, 0.1) is 17.8 Å². The lowest BCUT2D eigenvalue weighted by atomic mass is 10.4. The summed E-state index contributed by atoms with van der Waals surface area (Å²) >= 11 is 5.59. The van der Waals surface area contributed by atoms with Gasteiger partial charge in [-0.15, -0.1) is 0 Å². The number of carbonyl (C=O) groups excluding carboxylic acids is 1. The lowest BCUT2D eigenvalue weighted by Gasteiger charge is -1.99. The average molecular weight is 247 g/mol. The van der Waals surface area contributed by atoms with Gasteiger partial charge in [0.15, 0.2) is 5.02 Å². The third kappa shape index (κ3) is 3.20. The maximum Gasteiger partial charge on any atom is 0.408 e. The molecule has 0 aromatic carbocycles. The predicted octanol–water partition coefficient (Wildman–Crippen LogP) is 0.971. The molecule has 16 heavy (non-hydrogen) atoms. The molecule has 8 heteroatoms. The van der Waals surface area contributed by atoms with Crippen molar-refractivity contribution in [2.75, 3.05) is 6.54 Å². The van der Waals surface area contributed by atoms with Crippen LogP contribution in [-0.4, -0.2) is 27.2 Å². The van der Waals surface area contributed by atoms with Gasteiger partial charge < -0.3 is 15.4 Å². The third-order valence-corrected chi connectivity index (χ3v) is 2.08. The molecule has 0 unspecified atom stereocenters. The van der Waals surface area contributed by atoms with Crippen LogP contribution in [0.4, 0.5) is 5.82 Å². The molecule has 1 aromatic rings. The zero-order chi connectivity index (χ0) is 12.1. The first-order chi connectivity index (χ1) is 7.54. The number of aromatic nitrogens is 2. The number of nitro groups is 1. The second kappa shape index (κ2) is 5.45. The summed E-state index contributed by atoms with van der Waals surface area (Å²) in [4.78, 5) is 20.9. The lowest BCUT2D eigenvalue weighted by Crippen LogP contribution is -2.23. The Morgan fingerprint density at radius 3 is 2.94 bits per heavy atom. The second-order valence-electron chi connectivity index (χ2n) is 3.02. The molecule has 0 spiro atoms. The zero-order valence-corrected chi connectivity index (χ0v) is 9.40. The fourth-order valence-corrected chi connectivity index (χ4v) is 1.35. The van der Waals surface area contributed by atoms with Gasteiger partial charge in [-0.2, -0.15) is 4.68 Å². The van der Waals surface area contributed by atoms with Crippen molar-refractivity contribution in [1.29, 1.82) is 0 Å². The maximum absolute atomic E-state index is 11.1. The SMILES string of the molecule is CCNC(=O)CCn1cc(Cl)c([N+](=O)[O-])n1. The molecule has 0 saturated carbocycles. The number of aryl methyl sites for hydroxylation is 1. The summed E-state index contributed by atoms with van der Waals surface area (Å²) in [7, 11) is 0. The molecule has 0 aliphatic heterocycles. The number of halogens is 1. The maximum atomic E-state index is 11.1. The molecule has 1 amide bonds. The van der Waals surface area contributed by atoms with Crippen LogP contribution < -0.4 is 5.32 Å². The highest BCUT2D eigenvalue weighted by molar-refractivity contribution is 6.32. The third-order valence-electron chi connectivity index (χ3n) is 1.81. The molecule has 0 fully saturated rings. The molecule has 1 N–H and O–H groups in total. The van der Waals surface area contributed by atoms with E-state index in [1.807, 2.05) is 6.92 Å². The summed E-state index contributed by atoms with van der Waals surface area (Å²) in [6.45, 7) is 2.63. The Balaban J connectivity index is 2.58. The first-order valence-corrected chi connectivity index (χ1v) is 5.06. The molecular formula is C8H11ClN4O3. The molecule has 0 aliphatic carbocycles. The van der Waals surface area contributed by atoms with Crippen LogP contribution in [0.5, 0.6) is 0 Å². The Hall–Kier alpha value is -1.63. The standard InChI is InChI=1S/C8H11ClN4O3/c1-2-10-7(14)3-4-12-5-6(9)8(11-12)13(15)16/h5H,2-4H2,1H3,(H,10,14). The molecule has 0 aliphatic rings. The van der Waals surface area contributed by atoms with Gasteiger partial charge in [0.2, 0.25) is 5.91 Å². The van der Waals surface area contributed by atoms with E-state index in [4.69, 9.17) is 11.6 Å². The Morgan fingerprint density at radius 1 is 1.75 bits per heavy atom. The number of rotatable bonds is 5. The van der Waals surface area contributed by atoms with E-state index in [0.29, 0.717) is 6.54 Å². The van der Waals surface area contributed by atoms with E-state index < -0.39 is 10.7 Å². The Morgan fingerprint density at radius 2 is 2.44 bits per heavy atom. The van der Waals surface area contributed by atoms with Gasteiger partial charge >= 0.3 is 5.82 Å². The van der Waals surface area contributed by atoms with E-state index in [9.17, 15) is 14.9 Å². The van der Waals surface area contributed by atoms with Crippen molar-refractivity contribution in [2.24, 2.45) is 0 Å². The lowest BCUT2D eigenvalue weighted by molar-refractivity contribution is -0.389. The molecule has 1 rings (SSSR count). The van der Waals surface area contributed by atoms with E-state index >= 15 is 0 Å². The minimum Gasteiger partial charge on any atom is -0.358 e. The van der Waals surface area contributed by atoms with Crippen molar-refractivity contribution in [3.63, 3.8) is 0 Å². The van der Waals surface area contributed by atoms with E-state index in [2.05, 4.69) is 10.4 Å². The average Bonchev–Trinajstić information content (AvgIpc) is 2.57. The highest BCUT2D eigenvalue weighted by atomic mass is 35.5. The molecule has 7 nitrogen and oxygen atoms in total. The summed E-state index contributed by atoms with van der Waals surface area (Å²) in [6, 6.07) is 0. The van der Waals surface area contributed by atoms with Gasteiger partial charge in [-0.1, -0.05) is 11.6 Å². The number of nitrogens with one attached hydrogen (secondary N) is 1. The Kier molecular flexibility index (Phi) is 4.24. The van der Waals surface area contributed by atoms with Crippen molar-refractivity contribution in [2.45, 2.75) is 19.9 Å². The number of carbonyl (C=O) groups is 1. The number of nitrogens with zero attached hydrogens (tertiary/aromatic N) is 3. The van der Waals surface area contributed by atoms with Gasteiger partial charge in [-0.25, -0.2) is 0 Å². The summed E-state index contributed by atoms with van der Waals surface area (Å²) in [5, 5.41) is 16.7. The van der Waals surface area contributed by atoms with Crippen LogP contribution in [0.3, 0.4) is 0 Å². The monoisotopic (exact) mass is 246 g/mol.